The summed E-state index contributed by atoms with van der Waals surface area (Å²) in [6.07, 6.45) is 2.36. The number of hydrogen-bond acceptors (Lipinski definition) is 6. The highest BCUT2D eigenvalue weighted by atomic mass is 32.2. The Kier molecular flexibility index (Phi) is 8.11. The maximum Gasteiger partial charge on any atom is 0.241 e. The minimum Gasteiger partial charge on any atom is -0.391 e. The van der Waals surface area contributed by atoms with Gasteiger partial charge in [0, 0.05) is 44.6 Å². The second-order valence-electron chi connectivity index (χ2n) is 8.23. The Morgan fingerprint density at radius 2 is 2.00 bits per heavy atom. The number of rotatable bonds is 10. The summed E-state index contributed by atoms with van der Waals surface area (Å²) < 4.78 is 25.0. The average molecular weight is 461 g/mol. The van der Waals surface area contributed by atoms with Crippen LogP contribution in [0.15, 0.2) is 48.5 Å². The minimum absolute atomic E-state index is 0.0289. The second kappa shape index (κ2) is 10.8. The number of aliphatic hydroxyl groups is 1. The van der Waals surface area contributed by atoms with Crippen LogP contribution in [0.5, 0.6) is 0 Å². The number of carbonyl (C=O) groups is 1. The number of sulfonamides is 1. The van der Waals surface area contributed by atoms with E-state index in [1.54, 1.807) is 11.9 Å². The normalized spacial score (nSPS) is 16.2. The lowest BCUT2D eigenvalue weighted by Gasteiger charge is -2.23. The van der Waals surface area contributed by atoms with Gasteiger partial charge in [-0.05, 0) is 42.2 Å². The number of nitrogens with zero attached hydrogens (tertiary/aromatic N) is 2. The fourth-order valence-corrected chi connectivity index (χ4v) is 4.15. The molecule has 3 rings (SSSR count). The molecule has 0 radical (unpaired) electrons. The maximum absolute atomic E-state index is 12.6. The standard InChI is InChI=1S/C23H32N4O4S/c1-26(12-10-19-7-3-4-9-22(19)27-13-11-21(28)17-27)23(29)16-24-20-8-5-6-18(14-20)15-25-32(2,30)31/h3-9,14,21,24-25,28H,10-13,15-17H2,1-2H3/t21-/m0/s1. The zero-order chi connectivity index (χ0) is 23.1. The number of amides is 1. The Labute approximate surface area is 190 Å². The van der Waals surface area contributed by atoms with Crippen molar-refractivity contribution in [2.24, 2.45) is 0 Å². The third kappa shape index (κ3) is 7.22. The Bertz CT molecular complexity index is 1030. The number of hydrogen-bond donors (Lipinski definition) is 3. The molecule has 2 aromatic carbocycles. The Morgan fingerprint density at radius 3 is 2.72 bits per heavy atom. The number of nitrogens with one attached hydrogen (secondary N) is 2. The van der Waals surface area contributed by atoms with Crippen LogP contribution in [-0.2, 0) is 27.8 Å². The summed E-state index contributed by atoms with van der Waals surface area (Å²) in [5, 5.41) is 13.0. The Morgan fingerprint density at radius 1 is 1.22 bits per heavy atom. The summed E-state index contributed by atoms with van der Waals surface area (Å²) in [6, 6.07) is 15.5. The van der Waals surface area contributed by atoms with E-state index < -0.39 is 10.0 Å². The van der Waals surface area contributed by atoms with Crippen LogP contribution in [0.3, 0.4) is 0 Å². The molecule has 0 spiro atoms. The van der Waals surface area contributed by atoms with Crippen molar-refractivity contribution in [2.75, 3.05) is 49.7 Å². The fourth-order valence-electron chi connectivity index (χ4n) is 3.72. The number of likely N-dealkylation sites (N-methyl/N-ethyl adjacent to an activating group) is 1. The van der Waals surface area contributed by atoms with E-state index in [0.717, 1.165) is 42.6 Å². The van der Waals surface area contributed by atoms with Gasteiger partial charge in [-0.1, -0.05) is 30.3 Å². The van der Waals surface area contributed by atoms with Crippen LogP contribution < -0.4 is 14.9 Å². The van der Waals surface area contributed by atoms with Gasteiger partial charge in [-0.2, -0.15) is 0 Å². The SMILES string of the molecule is CN(CCc1ccccc1N1CC[C@H](O)C1)C(=O)CNc1cccc(CNS(C)(=O)=O)c1. The summed E-state index contributed by atoms with van der Waals surface area (Å²) in [7, 11) is -1.47. The number of aliphatic hydroxyl groups excluding tert-OH is 1. The summed E-state index contributed by atoms with van der Waals surface area (Å²) in [6.45, 7) is 2.44. The van der Waals surface area contributed by atoms with E-state index >= 15 is 0 Å². The molecule has 1 heterocycles. The van der Waals surface area contributed by atoms with Gasteiger partial charge in [-0.15, -0.1) is 0 Å². The summed E-state index contributed by atoms with van der Waals surface area (Å²) in [5.41, 5.74) is 3.87. The molecule has 3 N–H and O–H groups in total. The highest BCUT2D eigenvalue weighted by Gasteiger charge is 2.22. The summed E-state index contributed by atoms with van der Waals surface area (Å²) >= 11 is 0. The third-order valence-corrected chi connectivity index (χ3v) is 6.22. The molecule has 1 aliphatic heterocycles. The molecular formula is C23H32N4O4S. The van der Waals surface area contributed by atoms with Gasteiger partial charge in [-0.25, -0.2) is 13.1 Å². The van der Waals surface area contributed by atoms with E-state index in [0.29, 0.717) is 13.1 Å². The monoisotopic (exact) mass is 460 g/mol. The number of β-amino-alcohol motifs (C(OH)–C–C–N with tert-alkyl or cyclic N) is 1. The largest absolute Gasteiger partial charge is 0.391 e. The lowest BCUT2D eigenvalue weighted by Crippen LogP contribution is -2.34. The smallest absolute Gasteiger partial charge is 0.241 e. The first-order chi connectivity index (χ1) is 15.2. The van der Waals surface area contributed by atoms with Gasteiger partial charge >= 0.3 is 0 Å². The quantitative estimate of drug-likeness (QED) is 0.496. The van der Waals surface area contributed by atoms with Gasteiger partial charge in [0.05, 0.1) is 18.9 Å². The predicted molar refractivity (Wildman–Crippen MR) is 127 cm³/mol. The van der Waals surface area contributed by atoms with Crippen molar-refractivity contribution in [1.82, 2.24) is 9.62 Å². The van der Waals surface area contributed by atoms with Crippen molar-refractivity contribution >= 4 is 27.3 Å². The molecule has 1 saturated heterocycles. The fraction of sp³-hybridized carbons (Fsp3) is 0.435. The predicted octanol–water partition coefficient (Wildman–Crippen LogP) is 1.42. The molecule has 0 aromatic heterocycles. The number of anilines is 2. The third-order valence-electron chi connectivity index (χ3n) is 5.55. The van der Waals surface area contributed by atoms with Gasteiger partial charge in [0.25, 0.3) is 0 Å². The number of carbonyl (C=O) groups excluding carboxylic acids is 1. The Balaban J connectivity index is 1.50. The molecule has 1 aliphatic rings. The highest BCUT2D eigenvalue weighted by Crippen LogP contribution is 2.25. The van der Waals surface area contributed by atoms with E-state index in [9.17, 15) is 18.3 Å². The highest BCUT2D eigenvalue weighted by molar-refractivity contribution is 7.88. The Hall–Kier alpha value is -2.62. The first-order valence-electron chi connectivity index (χ1n) is 10.7. The maximum atomic E-state index is 12.6. The molecule has 32 heavy (non-hydrogen) atoms. The molecular weight excluding hydrogens is 428 g/mol. The average Bonchev–Trinajstić information content (AvgIpc) is 3.20. The summed E-state index contributed by atoms with van der Waals surface area (Å²) in [4.78, 5) is 16.5. The van der Waals surface area contributed by atoms with Crippen LogP contribution in [0.25, 0.3) is 0 Å². The van der Waals surface area contributed by atoms with Crippen LogP contribution in [0.4, 0.5) is 11.4 Å². The van der Waals surface area contributed by atoms with E-state index in [4.69, 9.17) is 0 Å². The van der Waals surface area contributed by atoms with E-state index in [1.165, 1.54) is 5.56 Å². The first kappa shape index (κ1) is 24.0. The molecule has 0 aliphatic carbocycles. The number of benzene rings is 2. The lowest BCUT2D eigenvalue weighted by atomic mass is 10.1. The molecule has 0 saturated carbocycles. The van der Waals surface area contributed by atoms with Crippen LogP contribution in [0, 0.1) is 0 Å². The van der Waals surface area contributed by atoms with Crippen molar-refractivity contribution < 1.29 is 18.3 Å². The molecule has 1 fully saturated rings. The molecule has 0 unspecified atom stereocenters. The van der Waals surface area contributed by atoms with Crippen molar-refractivity contribution in [3.63, 3.8) is 0 Å². The molecule has 1 atom stereocenters. The van der Waals surface area contributed by atoms with Gasteiger partial charge in [0.15, 0.2) is 0 Å². The lowest BCUT2D eigenvalue weighted by molar-refractivity contribution is -0.127. The van der Waals surface area contributed by atoms with Crippen molar-refractivity contribution in [3.8, 4) is 0 Å². The molecule has 0 bridgehead atoms. The molecule has 8 nitrogen and oxygen atoms in total. The molecule has 9 heteroatoms. The van der Waals surface area contributed by atoms with E-state index in [-0.39, 0.29) is 25.1 Å². The molecule has 1 amide bonds. The van der Waals surface area contributed by atoms with Crippen molar-refractivity contribution in [3.05, 3.63) is 59.7 Å². The van der Waals surface area contributed by atoms with Gasteiger partial charge < -0.3 is 20.2 Å². The van der Waals surface area contributed by atoms with Crippen molar-refractivity contribution in [1.29, 1.82) is 0 Å². The first-order valence-corrected chi connectivity index (χ1v) is 12.6. The van der Waals surface area contributed by atoms with Crippen LogP contribution in [0.1, 0.15) is 17.5 Å². The molecule has 2 aromatic rings. The van der Waals surface area contributed by atoms with Gasteiger partial charge in [-0.3, -0.25) is 4.79 Å². The second-order valence-corrected chi connectivity index (χ2v) is 10.1. The molecule has 174 valence electrons. The van der Waals surface area contributed by atoms with E-state index in [2.05, 4.69) is 27.1 Å². The van der Waals surface area contributed by atoms with Crippen LogP contribution >= 0.6 is 0 Å². The van der Waals surface area contributed by atoms with Gasteiger partial charge in [0.2, 0.25) is 15.9 Å². The van der Waals surface area contributed by atoms with Gasteiger partial charge in [0.1, 0.15) is 0 Å². The zero-order valence-corrected chi connectivity index (χ0v) is 19.4. The summed E-state index contributed by atoms with van der Waals surface area (Å²) in [5.74, 6) is -0.0289. The minimum atomic E-state index is -3.26. The topological polar surface area (TPSA) is 102 Å². The number of para-hydroxylation sites is 1. The van der Waals surface area contributed by atoms with Crippen LogP contribution in [-0.4, -0.2) is 69.9 Å². The zero-order valence-electron chi connectivity index (χ0n) is 18.6. The van der Waals surface area contributed by atoms with E-state index in [1.807, 2.05) is 36.4 Å². The van der Waals surface area contributed by atoms with Crippen LogP contribution in [0.2, 0.25) is 0 Å². The van der Waals surface area contributed by atoms with Crippen molar-refractivity contribution in [2.45, 2.75) is 25.5 Å².